The zero-order valence-corrected chi connectivity index (χ0v) is 14.4. The second-order valence-corrected chi connectivity index (χ2v) is 5.81. The third-order valence-corrected chi connectivity index (χ3v) is 3.99. The number of hydrogen-bond donors (Lipinski definition) is 0. The molecule has 0 spiro atoms. The molecule has 0 saturated carbocycles. The highest BCUT2D eigenvalue weighted by molar-refractivity contribution is 5.72. The van der Waals surface area contributed by atoms with E-state index in [4.69, 9.17) is 14.2 Å². The first-order valence-electron chi connectivity index (χ1n) is 8.58. The van der Waals surface area contributed by atoms with Gasteiger partial charge in [0.25, 0.3) is 0 Å². The molecule has 2 rings (SSSR count). The van der Waals surface area contributed by atoms with E-state index in [-0.39, 0.29) is 11.9 Å². The Morgan fingerprint density at radius 3 is 2.67 bits per heavy atom. The number of hydrogen-bond acceptors (Lipinski definition) is 5. The van der Waals surface area contributed by atoms with E-state index in [0.29, 0.717) is 19.8 Å². The van der Waals surface area contributed by atoms with Gasteiger partial charge in [-0.05, 0) is 50.6 Å². The fourth-order valence-corrected chi connectivity index (χ4v) is 2.79. The largest absolute Gasteiger partial charge is 0.492 e. The number of ether oxygens (including phenoxy) is 3. The zero-order chi connectivity index (χ0) is 17.2. The first kappa shape index (κ1) is 18.3. The molecule has 1 unspecified atom stereocenters. The number of rotatable bonds is 9. The van der Waals surface area contributed by atoms with Crippen molar-refractivity contribution in [3.63, 3.8) is 0 Å². The summed E-state index contributed by atoms with van der Waals surface area (Å²) < 4.78 is 16.3. The van der Waals surface area contributed by atoms with Crippen LogP contribution in [0.2, 0.25) is 0 Å². The lowest BCUT2D eigenvalue weighted by atomic mass is 9.98. The van der Waals surface area contributed by atoms with Crippen LogP contribution in [0.4, 0.5) is 0 Å². The fraction of sp³-hybridized carbons (Fsp3) is 0.526. The molecular weight excluding hydrogens is 306 g/mol. The van der Waals surface area contributed by atoms with Gasteiger partial charge in [0.1, 0.15) is 24.7 Å². The van der Waals surface area contributed by atoms with E-state index in [0.717, 1.165) is 44.0 Å². The Hall–Kier alpha value is -2.01. The van der Waals surface area contributed by atoms with Crippen LogP contribution in [-0.2, 0) is 9.53 Å². The van der Waals surface area contributed by atoms with Crippen LogP contribution in [0.3, 0.4) is 0 Å². The molecule has 1 fully saturated rings. The molecule has 24 heavy (non-hydrogen) atoms. The summed E-state index contributed by atoms with van der Waals surface area (Å²) in [7, 11) is 0. The summed E-state index contributed by atoms with van der Waals surface area (Å²) in [6.45, 7) is 9.59. The number of nitrogens with zero attached hydrogens (tertiary/aromatic N) is 1. The summed E-state index contributed by atoms with van der Waals surface area (Å²) in [6, 6.07) is 7.57. The maximum Gasteiger partial charge on any atom is 0.310 e. The molecule has 0 aromatic heterocycles. The van der Waals surface area contributed by atoms with Crippen LogP contribution in [0.25, 0.3) is 0 Å². The van der Waals surface area contributed by atoms with E-state index in [9.17, 15) is 4.79 Å². The fourth-order valence-electron chi connectivity index (χ4n) is 2.79. The van der Waals surface area contributed by atoms with Crippen molar-refractivity contribution in [3.05, 3.63) is 36.9 Å². The molecule has 1 heterocycles. The van der Waals surface area contributed by atoms with Crippen molar-refractivity contribution in [1.29, 1.82) is 0 Å². The second-order valence-electron chi connectivity index (χ2n) is 5.81. The summed E-state index contributed by atoms with van der Waals surface area (Å²) >= 11 is 0. The van der Waals surface area contributed by atoms with Crippen LogP contribution in [0.5, 0.6) is 11.5 Å². The summed E-state index contributed by atoms with van der Waals surface area (Å²) in [5, 5.41) is 0. The minimum Gasteiger partial charge on any atom is -0.492 e. The molecule has 1 saturated heterocycles. The molecule has 1 aromatic rings. The van der Waals surface area contributed by atoms with Crippen LogP contribution in [0.15, 0.2) is 36.9 Å². The Kier molecular flexibility index (Phi) is 7.62. The Morgan fingerprint density at radius 2 is 2.00 bits per heavy atom. The predicted octanol–water partition coefficient (Wildman–Crippen LogP) is 2.91. The molecule has 0 amide bonds. The first-order valence-corrected chi connectivity index (χ1v) is 8.58. The highest BCUT2D eigenvalue weighted by Gasteiger charge is 2.26. The van der Waals surface area contributed by atoms with E-state index in [1.165, 1.54) is 0 Å². The zero-order valence-electron chi connectivity index (χ0n) is 14.4. The van der Waals surface area contributed by atoms with Crippen LogP contribution in [-0.4, -0.2) is 50.3 Å². The monoisotopic (exact) mass is 333 g/mol. The first-order chi connectivity index (χ1) is 11.7. The van der Waals surface area contributed by atoms with Gasteiger partial charge in [0, 0.05) is 13.1 Å². The van der Waals surface area contributed by atoms with Crippen LogP contribution in [0.1, 0.15) is 19.8 Å². The van der Waals surface area contributed by atoms with Crippen molar-refractivity contribution in [2.75, 3.05) is 39.5 Å². The minimum atomic E-state index is -0.0711. The number of esters is 1. The van der Waals surface area contributed by atoms with Gasteiger partial charge in [-0.1, -0.05) is 12.7 Å². The van der Waals surface area contributed by atoms with Crippen molar-refractivity contribution in [3.8, 4) is 11.5 Å². The number of carbonyl (C=O) groups excluding carboxylic acids is 1. The Morgan fingerprint density at radius 1 is 1.29 bits per heavy atom. The van der Waals surface area contributed by atoms with Gasteiger partial charge in [-0.3, -0.25) is 9.69 Å². The summed E-state index contributed by atoms with van der Waals surface area (Å²) in [5.74, 6) is 1.55. The Bertz CT molecular complexity index is 515. The van der Waals surface area contributed by atoms with Crippen LogP contribution in [0, 0.1) is 5.92 Å². The smallest absolute Gasteiger partial charge is 0.310 e. The van der Waals surface area contributed by atoms with E-state index in [1.807, 2.05) is 31.2 Å². The summed E-state index contributed by atoms with van der Waals surface area (Å²) in [6.07, 6.45) is 3.66. The molecule has 1 aliphatic heterocycles. The van der Waals surface area contributed by atoms with Crippen LogP contribution >= 0.6 is 0 Å². The van der Waals surface area contributed by atoms with Gasteiger partial charge < -0.3 is 14.2 Å². The third kappa shape index (κ3) is 5.89. The molecule has 0 aliphatic carbocycles. The number of benzene rings is 1. The van der Waals surface area contributed by atoms with Gasteiger partial charge in [0.2, 0.25) is 0 Å². The predicted molar refractivity (Wildman–Crippen MR) is 93.4 cm³/mol. The molecule has 5 heteroatoms. The van der Waals surface area contributed by atoms with Crippen molar-refractivity contribution in [2.24, 2.45) is 5.92 Å². The second kappa shape index (κ2) is 9.98. The molecule has 1 aromatic carbocycles. The lowest BCUT2D eigenvalue weighted by Gasteiger charge is -2.31. The average Bonchev–Trinajstić information content (AvgIpc) is 2.61. The lowest BCUT2D eigenvalue weighted by molar-refractivity contribution is -0.150. The van der Waals surface area contributed by atoms with E-state index < -0.39 is 0 Å². The van der Waals surface area contributed by atoms with Crippen LogP contribution < -0.4 is 9.47 Å². The Balaban J connectivity index is 1.71. The van der Waals surface area contributed by atoms with Gasteiger partial charge in [-0.15, -0.1) is 0 Å². The molecule has 1 atom stereocenters. The number of likely N-dealkylation sites (tertiary alicyclic amines) is 1. The number of piperidine rings is 1. The molecule has 5 nitrogen and oxygen atoms in total. The Labute approximate surface area is 144 Å². The SMILES string of the molecule is C=CCOc1ccc(OCCN2CCCC(C(=O)OCC)C2)cc1. The van der Waals surface area contributed by atoms with Crippen molar-refractivity contribution < 1.29 is 19.0 Å². The quantitative estimate of drug-likeness (QED) is 0.514. The maximum atomic E-state index is 11.8. The maximum absolute atomic E-state index is 11.8. The minimum absolute atomic E-state index is 0.00000703. The molecule has 0 radical (unpaired) electrons. The summed E-state index contributed by atoms with van der Waals surface area (Å²) in [4.78, 5) is 14.1. The highest BCUT2D eigenvalue weighted by Crippen LogP contribution is 2.19. The van der Waals surface area contributed by atoms with E-state index in [1.54, 1.807) is 6.08 Å². The van der Waals surface area contributed by atoms with Crippen molar-refractivity contribution >= 4 is 5.97 Å². The molecule has 0 bridgehead atoms. The van der Waals surface area contributed by atoms with Gasteiger partial charge in [0.15, 0.2) is 0 Å². The molecule has 132 valence electrons. The van der Waals surface area contributed by atoms with Gasteiger partial charge in [-0.25, -0.2) is 0 Å². The number of carbonyl (C=O) groups is 1. The van der Waals surface area contributed by atoms with E-state index >= 15 is 0 Å². The van der Waals surface area contributed by atoms with Gasteiger partial charge in [-0.2, -0.15) is 0 Å². The third-order valence-electron chi connectivity index (χ3n) is 3.99. The molecule has 0 N–H and O–H groups in total. The van der Waals surface area contributed by atoms with Gasteiger partial charge >= 0.3 is 5.97 Å². The topological polar surface area (TPSA) is 48.0 Å². The van der Waals surface area contributed by atoms with Gasteiger partial charge in [0.05, 0.1) is 12.5 Å². The average molecular weight is 333 g/mol. The van der Waals surface area contributed by atoms with Crippen molar-refractivity contribution in [1.82, 2.24) is 4.90 Å². The molecular formula is C19H27NO4. The standard InChI is InChI=1S/C19H27NO4/c1-3-13-23-17-7-9-18(10-8-17)24-14-12-20-11-5-6-16(15-20)19(21)22-4-2/h3,7-10,16H,1,4-6,11-15H2,2H3. The molecule has 1 aliphatic rings. The normalized spacial score (nSPS) is 18.0. The van der Waals surface area contributed by atoms with E-state index in [2.05, 4.69) is 11.5 Å². The highest BCUT2D eigenvalue weighted by atomic mass is 16.5. The lowest BCUT2D eigenvalue weighted by Crippen LogP contribution is -2.41. The summed E-state index contributed by atoms with van der Waals surface area (Å²) in [5.41, 5.74) is 0. The van der Waals surface area contributed by atoms with Crippen molar-refractivity contribution in [2.45, 2.75) is 19.8 Å².